The predicted octanol–water partition coefficient (Wildman–Crippen LogP) is 3.09. The summed E-state index contributed by atoms with van der Waals surface area (Å²) in [7, 11) is 0. The van der Waals surface area contributed by atoms with E-state index < -0.39 is 0 Å². The SMILES string of the molecule is [c]1ccccc1[CH]c1ccccc1. The Morgan fingerprint density at radius 3 is 2.31 bits per heavy atom. The number of hydrogen-bond donors (Lipinski definition) is 0. The van der Waals surface area contributed by atoms with Crippen molar-refractivity contribution in [2.45, 2.75) is 0 Å². The fourth-order valence-corrected chi connectivity index (χ4v) is 1.23. The van der Waals surface area contributed by atoms with E-state index in [4.69, 9.17) is 0 Å². The Hall–Kier alpha value is -1.56. The normalized spacial score (nSPS) is 9.85. The van der Waals surface area contributed by atoms with Crippen LogP contribution in [-0.4, -0.2) is 0 Å². The fraction of sp³-hybridized carbons (Fsp3) is 0. The molecule has 0 aromatic heterocycles. The number of rotatable bonds is 2. The van der Waals surface area contributed by atoms with E-state index in [0.717, 1.165) is 5.56 Å². The van der Waals surface area contributed by atoms with E-state index in [2.05, 4.69) is 24.6 Å². The molecular weight excluding hydrogens is 156 g/mol. The van der Waals surface area contributed by atoms with Crippen LogP contribution in [0.2, 0.25) is 0 Å². The van der Waals surface area contributed by atoms with Crippen molar-refractivity contribution in [2.75, 3.05) is 0 Å². The third-order valence-electron chi connectivity index (χ3n) is 1.85. The average Bonchev–Trinajstić information content (AvgIpc) is 2.21. The van der Waals surface area contributed by atoms with Crippen LogP contribution >= 0.6 is 0 Å². The minimum Gasteiger partial charge on any atom is -0.0622 e. The molecule has 2 radical (unpaired) electrons. The van der Waals surface area contributed by atoms with Gasteiger partial charge in [0.05, 0.1) is 0 Å². The van der Waals surface area contributed by atoms with Crippen LogP contribution in [0.1, 0.15) is 11.1 Å². The van der Waals surface area contributed by atoms with Gasteiger partial charge in [-0.05, 0) is 17.2 Å². The fourth-order valence-electron chi connectivity index (χ4n) is 1.23. The maximum absolute atomic E-state index is 3.16. The van der Waals surface area contributed by atoms with Gasteiger partial charge in [0, 0.05) is 6.42 Å². The monoisotopic (exact) mass is 166 g/mol. The van der Waals surface area contributed by atoms with Gasteiger partial charge >= 0.3 is 0 Å². The van der Waals surface area contributed by atoms with Crippen molar-refractivity contribution in [3.05, 3.63) is 78.2 Å². The standard InChI is InChI=1S/C13H10/c1-3-7-12(8-4-1)11-13-9-5-2-6-10-13/h1-9,11H. The average molecular weight is 166 g/mol. The van der Waals surface area contributed by atoms with Gasteiger partial charge in [-0.3, -0.25) is 0 Å². The smallest absolute Gasteiger partial charge is 0.0205 e. The quantitative estimate of drug-likeness (QED) is 0.643. The Bertz CT molecular complexity index is 311. The second-order valence-corrected chi connectivity index (χ2v) is 2.87. The van der Waals surface area contributed by atoms with Crippen LogP contribution in [0.25, 0.3) is 0 Å². The molecule has 2 rings (SSSR count). The van der Waals surface area contributed by atoms with Crippen LogP contribution in [0.5, 0.6) is 0 Å². The summed E-state index contributed by atoms with van der Waals surface area (Å²) < 4.78 is 0. The first kappa shape index (κ1) is 8.06. The van der Waals surface area contributed by atoms with E-state index >= 15 is 0 Å². The summed E-state index contributed by atoms with van der Waals surface area (Å²) in [5.74, 6) is 0. The molecule has 0 fully saturated rings. The summed E-state index contributed by atoms with van der Waals surface area (Å²) in [6.45, 7) is 0. The predicted molar refractivity (Wildman–Crippen MR) is 54.2 cm³/mol. The summed E-state index contributed by atoms with van der Waals surface area (Å²) in [4.78, 5) is 0. The molecular formula is C13H10. The summed E-state index contributed by atoms with van der Waals surface area (Å²) in [6.07, 6.45) is 2.11. The number of benzene rings is 2. The molecule has 0 aliphatic rings. The van der Waals surface area contributed by atoms with Crippen LogP contribution in [0, 0.1) is 12.5 Å². The molecule has 2 aromatic rings. The Kier molecular flexibility index (Phi) is 2.42. The topological polar surface area (TPSA) is 0 Å². The molecule has 13 heavy (non-hydrogen) atoms. The third kappa shape index (κ3) is 2.19. The van der Waals surface area contributed by atoms with Crippen LogP contribution in [-0.2, 0) is 0 Å². The van der Waals surface area contributed by atoms with Gasteiger partial charge in [0.1, 0.15) is 0 Å². The summed E-state index contributed by atoms with van der Waals surface area (Å²) in [5.41, 5.74) is 2.33. The van der Waals surface area contributed by atoms with Crippen molar-refractivity contribution in [1.29, 1.82) is 0 Å². The lowest BCUT2D eigenvalue weighted by molar-refractivity contribution is 1.43. The maximum Gasteiger partial charge on any atom is 0.0205 e. The third-order valence-corrected chi connectivity index (χ3v) is 1.85. The first-order valence-corrected chi connectivity index (χ1v) is 4.32. The molecule has 0 spiro atoms. The molecule has 62 valence electrons. The van der Waals surface area contributed by atoms with Crippen LogP contribution in [0.15, 0.2) is 54.6 Å². The largest absolute Gasteiger partial charge is 0.0622 e. The van der Waals surface area contributed by atoms with E-state index in [0.29, 0.717) is 0 Å². The lowest BCUT2D eigenvalue weighted by Gasteiger charge is -1.98. The maximum atomic E-state index is 3.16. The highest BCUT2D eigenvalue weighted by atomic mass is 14.0. The molecule has 0 nitrogen and oxygen atoms in total. The Morgan fingerprint density at radius 2 is 1.62 bits per heavy atom. The van der Waals surface area contributed by atoms with Gasteiger partial charge in [-0.1, -0.05) is 54.6 Å². The van der Waals surface area contributed by atoms with Crippen LogP contribution in [0.4, 0.5) is 0 Å². The first-order valence-electron chi connectivity index (χ1n) is 4.32. The highest BCUT2D eigenvalue weighted by Gasteiger charge is 1.93. The highest BCUT2D eigenvalue weighted by Crippen LogP contribution is 2.09. The van der Waals surface area contributed by atoms with Crippen molar-refractivity contribution >= 4 is 0 Å². The molecule has 0 aliphatic heterocycles. The Balaban J connectivity index is 2.16. The van der Waals surface area contributed by atoms with Gasteiger partial charge in [-0.15, -0.1) is 0 Å². The molecule has 0 unspecified atom stereocenters. The van der Waals surface area contributed by atoms with Gasteiger partial charge in [-0.2, -0.15) is 0 Å². The zero-order chi connectivity index (χ0) is 8.93. The summed E-state index contributed by atoms with van der Waals surface area (Å²) in [5, 5.41) is 0. The number of hydrogen-bond acceptors (Lipinski definition) is 0. The van der Waals surface area contributed by atoms with Crippen molar-refractivity contribution in [3.63, 3.8) is 0 Å². The van der Waals surface area contributed by atoms with Crippen LogP contribution in [0.3, 0.4) is 0 Å². The Labute approximate surface area is 78.9 Å². The minimum absolute atomic E-state index is 1.12. The first-order chi connectivity index (χ1) is 6.45. The van der Waals surface area contributed by atoms with E-state index in [-0.39, 0.29) is 0 Å². The molecule has 0 aliphatic carbocycles. The zero-order valence-corrected chi connectivity index (χ0v) is 7.27. The lowest BCUT2D eigenvalue weighted by Crippen LogP contribution is -1.83. The summed E-state index contributed by atoms with van der Waals surface area (Å²) in [6, 6.07) is 21.4. The van der Waals surface area contributed by atoms with Crippen molar-refractivity contribution in [2.24, 2.45) is 0 Å². The molecule has 2 aromatic carbocycles. The van der Waals surface area contributed by atoms with Crippen molar-refractivity contribution < 1.29 is 0 Å². The zero-order valence-electron chi connectivity index (χ0n) is 7.27. The molecule has 0 bridgehead atoms. The molecule has 0 heterocycles. The van der Waals surface area contributed by atoms with Gasteiger partial charge in [0.25, 0.3) is 0 Å². The highest BCUT2D eigenvalue weighted by molar-refractivity contribution is 5.35. The molecule has 0 saturated heterocycles. The molecule has 0 N–H and O–H groups in total. The molecule has 0 amide bonds. The minimum atomic E-state index is 1.12. The molecule has 0 atom stereocenters. The van der Waals surface area contributed by atoms with Gasteiger partial charge < -0.3 is 0 Å². The molecule has 0 saturated carbocycles. The van der Waals surface area contributed by atoms with E-state index in [1.165, 1.54) is 5.56 Å². The van der Waals surface area contributed by atoms with Crippen molar-refractivity contribution in [1.82, 2.24) is 0 Å². The second kappa shape index (κ2) is 3.90. The van der Waals surface area contributed by atoms with Crippen molar-refractivity contribution in [3.8, 4) is 0 Å². The van der Waals surface area contributed by atoms with Crippen LogP contribution < -0.4 is 0 Å². The van der Waals surface area contributed by atoms with E-state index in [9.17, 15) is 0 Å². The lowest BCUT2D eigenvalue weighted by atomic mass is 10.1. The van der Waals surface area contributed by atoms with Gasteiger partial charge in [0.15, 0.2) is 0 Å². The second-order valence-electron chi connectivity index (χ2n) is 2.87. The Morgan fingerprint density at radius 1 is 0.846 bits per heavy atom. The van der Waals surface area contributed by atoms with E-state index in [1.807, 2.05) is 42.5 Å². The summed E-state index contributed by atoms with van der Waals surface area (Å²) >= 11 is 0. The van der Waals surface area contributed by atoms with E-state index in [1.54, 1.807) is 0 Å². The van der Waals surface area contributed by atoms with Gasteiger partial charge in [0.2, 0.25) is 0 Å². The van der Waals surface area contributed by atoms with Gasteiger partial charge in [-0.25, -0.2) is 0 Å². The molecule has 0 heteroatoms.